The van der Waals surface area contributed by atoms with Gasteiger partial charge in [0.15, 0.2) is 5.78 Å². The maximum Gasteiger partial charge on any atom is 0.164 e. The zero-order valence-electron chi connectivity index (χ0n) is 15.2. The Balaban J connectivity index is 1.58. The molecule has 0 radical (unpaired) electrons. The molecular formula is C21H33NOS. The van der Waals surface area contributed by atoms with Crippen molar-refractivity contribution in [1.29, 1.82) is 0 Å². The van der Waals surface area contributed by atoms with Gasteiger partial charge in [-0.2, -0.15) is 0 Å². The lowest BCUT2D eigenvalue weighted by Crippen LogP contribution is -2.26. The lowest BCUT2D eigenvalue weighted by molar-refractivity contribution is 0.0916. The number of rotatable bonds is 7. The average Bonchev–Trinajstić information content (AvgIpc) is 3.12. The second-order valence-electron chi connectivity index (χ2n) is 7.84. The number of hydrogen-bond donors (Lipinski definition) is 1. The molecule has 0 amide bonds. The quantitative estimate of drug-likeness (QED) is 0.633. The minimum absolute atomic E-state index is 0.403. The van der Waals surface area contributed by atoms with E-state index >= 15 is 0 Å². The first-order valence-corrected chi connectivity index (χ1v) is 11.0. The molecule has 2 heterocycles. The molecule has 0 spiro atoms. The van der Waals surface area contributed by atoms with Crippen LogP contribution in [0, 0.1) is 11.8 Å². The van der Waals surface area contributed by atoms with Crippen LogP contribution in [-0.4, -0.2) is 18.9 Å². The van der Waals surface area contributed by atoms with E-state index in [0.717, 1.165) is 31.0 Å². The highest BCUT2D eigenvalue weighted by Gasteiger charge is 2.27. The predicted octanol–water partition coefficient (Wildman–Crippen LogP) is 5.78. The lowest BCUT2D eigenvalue weighted by Gasteiger charge is -2.31. The zero-order valence-corrected chi connectivity index (χ0v) is 16.0. The molecule has 3 heteroatoms. The molecule has 0 bridgehead atoms. The van der Waals surface area contributed by atoms with Crippen LogP contribution in [0.25, 0.3) is 0 Å². The first-order chi connectivity index (χ1) is 11.8. The number of piperidine rings is 1. The minimum atomic E-state index is 0.403. The fraction of sp³-hybridized carbons (Fsp3) is 0.762. The Morgan fingerprint density at radius 1 is 1.17 bits per heavy atom. The topological polar surface area (TPSA) is 29.1 Å². The van der Waals surface area contributed by atoms with Gasteiger partial charge in [0.25, 0.3) is 0 Å². The molecule has 1 aliphatic carbocycles. The Bertz CT molecular complexity index is 518. The van der Waals surface area contributed by atoms with Gasteiger partial charge in [0, 0.05) is 22.2 Å². The summed E-state index contributed by atoms with van der Waals surface area (Å²) in [6, 6.07) is 2.22. The molecule has 1 saturated carbocycles. The molecule has 3 rings (SSSR count). The maximum atomic E-state index is 12.8. The number of Topliss-reactive ketones (excluding diaryl/α,β-unsaturated/α-hetero) is 1. The van der Waals surface area contributed by atoms with Crippen molar-refractivity contribution in [1.82, 2.24) is 5.32 Å². The molecule has 1 saturated heterocycles. The first kappa shape index (κ1) is 18.1. The van der Waals surface area contributed by atoms with Crippen LogP contribution in [0.5, 0.6) is 0 Å². The Hall–Kier alpha value is -0.670. The highest BCUT2D eigenvalue weighted by molar-refractivity contribution is 7.10. The molecule has 0 aromatic carbocycles. The van der Waals surface area contributed by atoms with Gasteiger partial charge >= 0.3 is 0 Å². The third-order valence-corrected chi connectivity index (χ3v) is 7.22. The third-order valence-electron chi connectivity index (χ3n) is 6.13. The summed E-state index contributed by atoms with van der Waals surface area (Å²) in [4.78, 5) is 14.3. The molecule has 2 fully saturated rings. The van der Waals surface area contributed by atoms with Crippen LogP contribution in [0.15, 0.2) is 11.4 Å². The van der Waals surface area contributed by atoms with E-state index in [-0.39, 0.29) is 0 Å². The van der Waals surface area contributed by atoms with Gasteiger partial charge in [0.2, 0.25) is 0 Å². The Kier molecular flexibility index (Phi) is 6.91. The molecule has 2 nitrogen and oxygen atoms in total. The van der Waals surface area contributed by atoms with Gasteiger partial charge in [0.05, 0.1) is 0 Å². The monoisotopic (exact) mass is 347 g/mol. The van der Waals surface area contributed by atoms with Crippen LogP contribution in [0.1, 0.15) is 92.3 Å². The van der Waals surface area contributed by atoms with Crippen molar-refractivity contribution in [2.24, 2.45) is 11.8 Å². The van der Waals surface area contributed by atoms with E-state index in [1.165, 1.54) is 62.7 Å². The number of ketones is 1. The van der Waals surface area contributed by atoms with Crippen molar-refractivity contribution in [3.8, 4) is 0 Å². The Morgan fingerprint density at radius 2 is 1.92 bits per heavy atom. The van der Waals surface area contributed by atoms with Crippen molar-refractivity contribution in [3.05, 3.63) is 21.9 Å². The molecule has 134 valence electrons. The summed E-state index contributed by atoms with van der Waals surface area (Å²) >= 11 is 1.81. The number of unbranched alkanes of at least 4 members (excludes halogenated alkanes) is 1. The van der Waals surface area contributed by atoms with Crippen LogP contribution in [-0.2, 0) is 0 Å². The minimum Gasteiger partial charge on any atom is -0.317 e. The molecule has 1 aliphatic heterocycles. The van der Waals surface area contributed by atoms with E-state index in [2.05, 4.69) is 23.7 Å². The van der Waals surface area contributed by atoms with Gasteiger partial charge in [-0.15, -0.1) is 11.3 Å². The lowest BCUT2D eigenvalue weighted by atomic mass is 9.74. The average molecular weight is 348 g/mol. The van der Waals surface area contributed by atoms with Gasteiger partial charge in [-0.05, 0) is 56.2 Å². The second kappa shape index (κ2) is 9.15. The van der Waals surface area contributed by atoms with Crippen LogP contribution in [0.4, 0.5) is 0 Å². The largest absolute Gasteiger partial charge is 0.317 e. The summed E-state index contributed by atoms with van der Waals surface area (Å²) in [6.45, 7) is 4.51. The second-order valence-corrected chi connectivity index (χ2v) is 8.78. The van der Waals surface area contributed by atoms with Crippen LogP contribution in [0.3, 0.4) is 0 Å². The summed E-state index contributed by atoms with van der Waals surface area (Å²) < 4.78 is 0. The predicted molar refractivity (Wildman–Crippen MR) is 103 cm³/mol. The summed E-state index contributed by atoms with van der Waals surface area (Å²) in [6.07, 6.45) is 12.5. The molecule has 2 atom stereocenters. The summed E-state index contributed by atoms with van der Waals surface area (Å²) in [5.41, 5.74) is 0.994. The first-order valence-electron chi connectivity index (χ1n) is 10.1. The van der Waals surface area contributed by atoms with E-state index in [1.807, 2.05) is 11.3 Å². The molecule has 1 aromatic rings. The van der Waals surface area contributed by atoms with E-state index in [1.54, 1.807) is 0 Å². The van der Waals surface area contributed by atoms with Gasteiger partial charge in [-0.1, -0.05) is 45.4 Å². The summed E-state index contributed by atoms with van der Waals surface area (Å²) in [5.74, 6) is 2.51. The number of carbonyl (C=O) groups excluding carboxylic acids is 1. The summed E-state index contributed by atoms with van der Waals surface area (Å²) in [5, 5.41) is 5.56. The van der Waals surface area contributed by atoms with E-state index in [0.29, 0.717) is 17.6 Å². The van der Waals surface area contributed by atoms with Crippen molar-refractivity contribution < 1.29 is 4.79 Å². The number of nitrogens with one attached hydrogen (secondary N) is 1. The van der Waals surface area contributed by atoms with Gasteiger partial charge < -0.3 is 5.32 Å². The number of thiophene rings is 1. The van der Waals surface area contributed by atoms with E-state index in [4.69, 9.17) is 0 Å². The van der Waals surface area contributed by atoms with Gasteiger partial charge in [0.1, 0.15) is 0 Å². The summed E-state index contributed by atoms with van der Waals surface area (Å²) in [7, 11) is 0. The highest BCUT2D eigenvalue weighted by Crippen LogP contribution is 2.37. The number of carbonyl (C=O) groups is 1. The van der Waals surface area contributed by atoms with Crippen molar-refractivity contribution >= 4 is 17.1 Å². The molecular weight excluding hydrogens is 314 g/mol. The smallest absolute Gasteiger partial charge is 0.164 e. The SMILES string of the molecule is CCCCC1CCCCC1CC(=O)c1csc(C2CCNCC2)c1. The molecule has 2 aliphatic rings. The molecule has 1 N–H and O–H groups in total. The van der Waals surface area contributed by atoms with Crippen molar-refractivity contribution in [3.63, 3.8) is 0 Å². The zero-order chi connectivity index (χ0) is 16.8. The highest BCUT2D eigenvalue weighted by atomic mass is 32.1. The van der Waals surface area contributed by atoms with Crippen LogP contribution < -0.4 is 5.32 Å². The van der Waals surface area contributed by atoms with Gasteiger partial charge in [-0.25, -0.2) is 0 Å². The third kappa shape index (κ3) is 4.70. The normalized spacial score (nSPS) is 25.7. The Morgan fingerprint density at radius 3 is 2.67 bits per heavy atom. The van der Waals surface area contributed by atoms with Crippen LogP contribution >= 0.6 is 11.3 Å². The van der Waals surface area contributed by atoms with Crippen molar-refractivity contribution in [2.45, 2.75) is 77.0 Å². The van der Waals surface area contributed by atoms with E-state index in [9.17, 15) is 4.79 Å². The fourth-order valence-corrected chi connectivity index (χ4v) is 5.66. The van der Waals surface area contributed by atoms with Gasteiger partial charge in [-0.3, -0.25) is 4.79 Å². The van der Waals surface area contributed by atoms with E-state index < -0.39 is 0 Å². The molecule has 24 heavy (non-hydrogen) atoms. The number of hydrogen-bond acceptors (Lipinski definition) is 3. The molecule has 2 unspecified atom stereocenters. The van der Waals surface area contributed by atoms with Crippen molar-refractivity contribution in [2.75, 3.05) is 13.1 Å². The standard InChI is InChI=1S/C21H33NOS/c1-2-3-6-16-7-4-5-8-18(16)13-20(23)19-14-21(24-15-19)17-9-11-22-12-10-17/h14-18,22H,2-13H2,1H3. The molecule has 1 aromatic heterocycles. The maximum absolute atomic E-state index is 12.8. The fourth-order valence-electron chi connectivity index (χ4n) is 4.58. The van der Waals surface area contributed by atoms with Crippen LogP contribution in [0.2, 0.25) is 0 Å². The Labute approximate surface area is 151 Å².